The fraction of sp³-hybridized carbons (Fsp3) is 0.0323. The van der Waals surface area contributed by atoms with E-state index in [1.165, 1.54) is 64.1 Å². The average Bonchev–Trinajstić information content (AvgIpc) is 4.23. The highest BCUT2D eigenvalue weighted by molar-refractivity contribution is 7.19. The van der Waals surface area contributed by atoms with Gasteiger partial charge in [-0.05, 0) is 118 Å². The van der Waals surface area contributed by atoms with Gasteiger partial charge in [0.2, 0.25) is 0 Å². The Balaban J connectivity index is 0.828. The van der Waals surface area contributed by atoms with Crippen LogP contribution in [-0.2, 0) is 0 Å². The lowest BCUT2D eigenvalue weighted by Gasteiger charge is -2.30. The molecule has 1 aliphatic heterocycles. The number of thiophene rings is 2. The van der Waals surface area contributed by atoms with E-state index in [0.29, 0.717) is 0 Å². The molecule has 3 aromatic heterocycles. The lowest BCUT2D eigenvalue weighted by molar-refractivity contribution is 0.664. The Kier molecular flexibility index (Phi) is 9.69. The molecular formula is C62H42N2OS2. The van der Waals surface area contributed by atoms with E-state index in [1.807, 2.05) is 28.7 Å². The number of hydrogen-bond acceptors (Lipinski definition) is 5. The maximum Gasteiger partial charge on any atom is 0.159 e. The third-order valence-corrected chi connectivity index (χ3v) is 15.7. The molecule has 0 saturated carbocycles. The molecule has 11 aromatic rings. The zero-order valence-electron chi connectivity index (χ0n) is 36.4. The number of para-hydroxylation sites is 3. The summed E-state index contributed by atoms with van der Waals surface area (Å²) in [6, 6.07) is 81.2. The van der Waals surface area contributed by atoms with Crippen molar-refractivity contribution < 1.29 is 4.42 Å². The van der Waals surface area contributed by atoms with Crippen molar-refractivity contribution in [2.75, 3.05) is 9.80 Å². The normalized spacial score (nSPS) is 15.2. The average molecular weight is 895 g/mol. The van der Waals surface area contributed by atoms with Crippen LogP contribution >= 0.6 is 22.7 Å². The zero-order chi connectivity index (χ0) is 44.3. The third kappa shape index (κ3) is 7.03. The summed E-state index contributed by atoms with van der Waals surface area (Å²) in [5, 5.41) is 2.29. The molecule has 318 valence electrons. The van der Waals surface area contributed by atoms with Gasteiger partial charge in [0.15, 0.2) is 5.58 Å². The minimum Gasteiger partial charge on any atom is -0.454 e. The molecular weight excluding hydrogens is 853 g/mol. The molecule has 0 radical (unpaired) electrons. The van der Waals surface area contributed by atoms with E-state index < -0.39 is 0 Å². The molecule has 0 N–H and O–H groups in total. The van der Waals surface area contributed by atoms with Crippen LogP contribution in [0.1, 0.15) is 17.0 Å². The van der Waals surface area contributed by atoms with Crippen LogP contribution in [0.25, 0.3) is 69.3 Å². The van der Waals surface area contributed by atoms with Crippen molar-refractivity contribution in [1.29, 1.82) is 0 Å². The highest BCUT2D eigenvalue weighted by atomic mass is 32.1. The quantitative estimate of drug-likeness (QED) is 0.144. The number of fused-ring (bicyclic) bond motifs is 6. The number of anilines is 5. The van der Waals surface area contributed by atoms with Crippen LogP contribution in [-0.4, -0.2) is 6.04 Å². The van der Waals surface area contributed by atoms with Gasteiger partial charge >= 0.3 is 0 Å². The standard InChI is InChI=1S/C62H42N2OS2/c1-3-12-42(13-4-1)58-36-38-60(66-58)44-24-31-48(32-25-44)63(49-33-26-45(27-34-49)61-39-37-59(67-61)43-14-5-2-6-15-43)47-29-22-41(23-30-47)46-28-35-55-53(40-46)50-16-7-9-19-54(50)64(55)56-20-11-18-52-51-17-8-10-21-57(51)65-62(52)56/h1-40,53,55H. The molecule has 2 unspecified atom stereocenters. The van der Waals surface area contributed by atoms with E-state index in [0.717, 1.165) is 44.7 Å². The van der Waals surface area contributed by atoms with E-state index in [1.54, 1.807) is 0 Å². The van der Waals surface area contributed by atoms with Crippen molar-refractivity contribution in [2.24, 2.45) is 0 Å². The predicted octanol–water partition coefficient (Wildman–Crippen LogP) is 18.1. The molecule has 4 heterocycles. The first-order valence-electron chi connectivity index (χ1n) is 22.8. The van der Waals surface area contributed by atoms with Gasteiger partial charge < -0.3 is 14.2 Å². The topological polar surface area (TPSA) is 19.6 Å². The van der Waals surface area contributed by atoms with E-state index in [-0.39, 0.29) is 12.0 Å². The zero-order valence-corrected chi connectivity index (χ0v) is 38.0. The van der Waals surface area contributed by atoms with Crippen molar-refractivity contribution in [3.63, 3.8) is 0 Å². The Bertz CT molecular complexity index is 3510. The second-order valence-corrected chi connectivity index (χ2v) is 19.4. The van der Waals surface area contributed by atoms with Gasteiger partial charge in [0.1, 0.15) is 5.58 Å². The lowest BCUT2D eigenvalue weighted by atomic mass is 9.86. The Morgan fingerprint density at radius 1 is 0.403 bits per heavy atom. The minimum atomic E-state index is 0.124. The monoisotopic (exact) mass is 894 g/mol. The van der Waals surface area contributed by atoms with E-state index >= 15 is 0 Å². The van der Waals surface area contributed by atoms with Gasteiger partial charge in [0.05, 0.1) is 11.7 Å². The number of furan rings is 1. The van der Waals surface area contributed by atoms with Crippen molar-refractivity contribution in [3.05, 3.63) is 254 Å². The highest BCUT2D eigenvalue weighted by Gasteiger charge is 2.39. The Hall–Kier alpha value is -7.96. The second kappa shape index (κ2) is 16.5. The Labute approximate surface area is 398 Å². The van der Waals surface area contributed by atoms with Gasteiger partial charge in [-0.25, -0.2) is 0 Å². The van der Waals surface area contributed by atoms with Crippen LogP contribution in [0.4, 0.5) is 28.4 Å². The van der Waals surface area contributed by atoms with Crippen molar-refractivity contribution in [2.45, 2.75) is 12.0 Å². The summed E-state index contributed by atoms with van der Waals surface area (Å²) >= 11 is 3.66. The summed E-state index contributed by atoms with van der Waals surface area (Å²) in [6.45, 7) is 0. The molecule has 1 aliphatic carbocycles. The number of nitrogens with zero attached hydrogens (tertiary/aromatic N) is 2. The van der Waals surface area contributed by atoms with Crippen molar-refractivity contribution >= 4 is 78.6 Å². The first-order valence-corrected chi connectivity index (χ1v) is 24.4. The maximum atomic E-state index is 6.58. The van der Waals surface area contributed by atoms with Gasteiger partial charge in [-0.2, -0.15) is 0 Å². The number of benzene rings is 8. The summed E-state index contributed by atoms with van der Waals surface area (Å²) < 4.78 is 6.58. The molecule has 8 aromatic carbocycles. The number of hydrogen-bond donors (Lipinski definition) is 0. The fourth-order valence-corrected chi connectivity index (χ4v) is 12.1. The molecule has 67 heavy (non-hydrogen) atoms. The van der Waals surface area contributed by atoms with Crippen LogP contribution in [0.15, 0.2) is 247 Å². The van der Waals surface area contributed by atoms with Crippen molar-refractivity contribution in [1.82, 2.24) is 0 Å². The Morgan fingerprint density at radius 3 is 1.48 bits per heavy atom. The predicted molar refractivity (Wildman–Crippen MR) is 285 cm³/mol. The van der Waals surface area contributed by atoms with Gasteiger partial charge in [0, 0.05) is 58.9 Å². The van der Waals surface area contributed by atoms with Gasteiger partial charge in [0.25, 0.3) is 0 Å². The van der Waals surface area contributed by atoms with Gasteiger partial charge in [-0.1, -0.05) is 164 Å². The molecule has 2 atom stereocenters. The Morgan fingerprint density at radius 2 is 0.881 bits per heavy atom. The highest BCUT2D eigenvalue weighted by Crippen LogP contribution is 2.51. The van der Waals surface area contributed by atoms with Crippen LogP contribution in [0.2, 0.25) is 0 Å². The first kappa shape index (κ1) is 39.4. The fourth-order valence-electron chi connectivity index (χ4n) is 10.0. The number of allylic oxidation sites excluding steroid dienone is 2. The lowest BCUT2D eigenvalue weighted by Crippen LogP contribution is -2.29. The minimum absolute atomic E-state index is 0.124. The molecule has 5 heteroatoms. The molecule has 0 spiro atoms. The second-order valence-electron chi connectivity index (χ2n) is 17.2. The third-order valence-electron chi connectivity index (χ3n) is 13.3. The van der Waals surface area contributed by atoms with E-state index in [4.69, 9.17) is 4.42 Å². The molecule has 0 amide bonds. The largest absolute Gasteiger partial charge is 0.454 e. The molecule has 0 saturated heterocycles. The first-order chi connectivity index (χ1) is 33.2. The SMILES string of the molecule is C1=CC2C(C=C1c1ccc(N(c3ccc(-c4ccc(-c5ccccc5)s4)cc3)c3ccc(-c4ccc(-c5ccccc5)s4)cc3)cc1)c1ccccc1N2c1cccc2c1oc1ccccc12. The number of rotatable bonds is 9. The van der Waals surface area contributed by atoms with Crippen LogP contribution in [0.3, 0.4) is 0 Å². The summed E-state index contributed by atoms with van der Waals surface area (Å²) in [5.41, 5.74) is 16.1. The van der Waals surface area contributed by atoms with Crippen molar-refractivity contribution in [3.8, 4) is 41.8 Å². The smallest absolute Gasteiger partial charge is 0.159 e. The van der Waals surface area contributed by atoms with Crippen LogP contribution in [0, 0.1) is 0 Å². The summed E-state index contributed by atoms with van der Waals surface area (Å²) in [5.74, 6) is 0.184. The molecule has 0 bridgehead atoms. The van der Waals surface area contributed by atoms with E-state index in [9.17, 15) is 0 Å². The molecule has 13 rings (SSSR count). The van der Waals surface area contributed by atoms with Crippen LogP contribution in [0.5, 0.6) is 0 Å². The maximum absolute atomic E-state index is 6.58. The van der Waals surface area contributed by atoms with Gasteiger partial charge in [-0.3, -0.25) is 0 Å². The summed E-state index contributed by atoms with van der Waals surface area (Å²) in [4.78, 5) is 9.91. The molecule has 2 aliphatic rings. The summed E-state index contributed by atoms with van der Waals surface area (Å²) in [7, 11) is 0. The molecule has 0 fully saturated rings. The summed E-state index contributed by atoms with van der Waals surface area (Å²) in [6.07, 6.45) is 7.16. The van der Waals surface area contributed by atoms with E-state index in [2.05, 4.69) is 246 Å². The van der Waals surface area contributed by atoms with Gasteiger partial charge in [-0.15, -0.1) is 22.7 Å². The molecule has 3 nitrogen and oxygen atoms in total. The van der Waals surface area contributed by atoms with Crippen LogP contribution < -0.4 is 9.80 Å².